The molecule has 2 unspecified atom stereocenters. The minimum atomic E-state index is -4.54. The molecular weight excluding hydrogens is 335 g/mol. The number of alkyl halides is 3. The number of carbonyl (C=O) groups is 2. The predicted octanol–water partition coefficient (Wildman–Crippen LogP) is 2.92. The number of aromatic nitrogens is 1. The Labute approximate surface area is 143 Å². The number of likely N-dealkylation sites (tertiary alicyclic amines) is 1. The van der Waals surface area contributed by atoms with Gasteiger partial charge < -0.3 is 4.90 Å². The lowest BCUT2D eigenvalue weighted by Gasteiger charge is -2.26. The molecule has 134 valence electrons. The van der Waals surface area contributed by atoms with E-state index in [9.17, 15) is 28.0 Å². The lowest BCUT2D eigenvalue weighted by molar-refractivity contribution is -0.140. The molecule has 2 rings (SSSR count). The van der Waals surface area contributed by atoms with Crippen molar-refractivity contribution >= 4 is 11.7 Å². The van der Waals surface area contributed by atoms with Gasteiger partial charge in [-0.15, -0.1) is 0 Å². The molecule has 0 aliphatic carbocycles. The lowest BCUT2D eigenvalue weighted by Crippen LogP contribution is -2.44. The molecule has 1 saturated heterocycles. The monoisotopic (exact) mass is 353 g/mol. The van der Waals surface area contributed by atoms with Crippen LogP contribution < -0.4 is 0 Å². The SMILES string of the molecule is CC(C)C(=O)N1CCCC1C(=O)C(C#N)c1ccc(C(F)(F)F)cn1. The average molecular weight is 353 g/mol. The standard InChI is InChI=1S/C17H18F3N3O2/c1-10(2)16(25)23-7-3-4-14(23)15(24)12(8-21)13-6-5-11(9-22-13)17(18,19)20/h5-6,9-10,12,14H,3-4,7H2,1-2H3. The Morgan fingerprint density at radius 1 is 1.36 bits per heavy atom. The van der Waals surface area contributed by atoms with Crippen LogP contribution in [0.1, 0.15) is 43.9 Å². The van der Waals surface area contributed by atoms with Crippen molar-refractivity contribution in [3.8, 4) is 6.07 Å². The van der Waals surface area contributed by atoms with E-state index in [-0.39, 0.29) is 17.5 Å². The molecule has 5 nitrogen and oxygen atoms in total. The van der Waals surface area contributed by atoms with E-state index in [0.29, 0.717) is 25.6 Å². The highest BCUT2D eigenvalue weighted by atomic mass is 19.4. The highest BCUT2D eigenvalue weighted by molar-refractivity contribution is 5.95. The zero-order chi connectivity index (χ0) is 18.8. The zero-order valence-corrected chi connectivity index (χ0v) is 13.9. The van der Waals surface area contributed by atoms with Crippen molar-refractivity contribution in [3.05, 3.63) is 29.6 Å². The highest BCUT2D eigenvalue weighted by Crippen LogP contribution is 2.30. The summed E-state index contributed by atoms with van der Waals surface area (Å²) >= 11 is 0. The summed E-state index contributed by atoms with van der Waals surface area (Å²) in [4.78, 5) is 30.0. The van der Waals surface area contributed by atoms with Gasteiger partial charge in [0.25, 0.3) is 0 Å². The molecule has 8 heteroatoms. The second-order valence-electron chi connectivity index (χ2n) is 6.28. The smallest absolute Gasteiger partial charge is 0.332 e. The molecule has 2 heterocycles. The number of carbonyl (C=O) groups excluding carboxylic acids is 2. The third kappa shape index (κ3) is 3.98. The topological polar surface area (TPSA) is 74.1 Å². The van der Waals surface area contributed by atoms with Crippen molar-refractivity contribution < 1.29 is 22.8 Å². The fourth-order valence-electron chi connectivity index (χ4n) is 2.87. The Balaban J connectivity index is 2.24. The van der Waals surface area contributed by atoms with Gasteiger partial charge >= 0.3 is 6.18 Å². The molecule has 0 radical (unpaired) electrons. The summed E-state index contributed by atoms with van der Waals surface area (Å²) in [7, 11) is 0. The van der Waals surface area contributed by atoms with E-state index in [2.05, 4.69) is 4.98 Å². The first-order chi connectivity index (χ1) is 11.7. The van der Waals surface area contributed by atoms with Crippen molar-refractivity contribution in [3.63, 3.8) is 0 Å². The summed E-state index contributed by atoms with van der Waals surface area (Å²) in [6, 6.07) is 2.92. The molecule has 1 aliphatic heterocycles. The maximum absolute atomic E-state index is 12.7. The first kappa shape index (κ1) is 18.9. The highest BCUT2D eigenvalue weighted by Gasteiger charge is 2.39. The molecule has 2 atom stereocenters. The van der Waals surface area contributed by atoms with Crippen LogP contribution in [0, 0.1) is 17.2 Å². The number of nitrogens with zero attached hydrogens (tertiary/aromatic N) is 3. The molecule has 1 amide bonds. The molecule has 0 bridgehead atoms. The summed E-state index contributed by atoms with van der Waals surface area (Å²) in [6.45, 7) is 3.88. The Morgan fingerprint density at radius 3 is 2.52 bits per heavy atom. The summed E-state index contributed by atoms with van der Waals surface area (Å²) in [6.07, 6.45) is -2.84. The fraction of sp³-hybridized carbons (Fsp3) is 0.529. The zero-order valence-electron chi connectivity index (χ0n) is 13.9. The number of hydrogen-bond donors (Lipinski definition) is 0. The molecular formula is C17H18F3N3O2. The maximum Gasteiger partial charge on any atom is 0.417 e. The molecule has 1 aromatic heterocycles. The molecule has 0 saturated carbocycles. The summed E-state index contributed by atoms with van der Waals surface area (Å²) in [5, 5.41) is 9.34. The van der Waals surface area contributed by atoms with Crippen LogP contribution in [-0.2, 0) is 15.8 Å². The van der Waals surface area contributed by atoms with Gasteiger partial charge in [-0.2, -0.15) is 18.4 Å². The Morgan fingerprint density at radius 2 is 2.04 bits per heavy atom. The number of halogens is 3. The van der Waals surface area contributed by atoms with E-state index in [1.165, 1.54) is 4.90 Å². The molecule has 0 aromatic carbocycles. The molecule has 1 aromatic rings. The number of amides is 1. The molecule has 0 spiro atoms. The minimum absolute atomic E-state index is 0.0376. The van der Waals surface area contributed by atoms with Crippen LogP contribution in [0.3, 0.4) is 0 Å². The van der Waals surface area contributed by atoms with E-state index < -0.39 is 29.5 Å². The van der Waals surface area contributed by atoms with Crippen molar-refractivity contribution in [2.45, 2.75) is 44.8 Å². The molecule has 0 N–H and O–H groups in total. The average Bonchev–Trinajstić information content (AvgIpc) is 3.03. The van der Waals surface area contributed by atoms with Crippen LogP contribution in [0.2, 0.25) is 0 Å². The van der Waals surface area contributed by atoms with E-state index in [1.54, 1.807) is 13.8 Å². The number of Topliss-reactive ketones (excluding diaryl/α,β-unsaturated/α-hetero) is 1. The van der Waals surface area contributed by atoms with Crippen LogP contribution in [0.25, 0.3) is 0 Å². The summed E-state index contributed by atoms with van der Waals surface area (Å²) in [5.74, 6) is -2.25. The Kier molecular flexibility index (Phi) is 5.45. The van der Waals surface area contributed by atoms with Gasteiger partial charge in [0.05, 0.1) is 23.4 Å². The van der Waals surface area contributed by atoms with E-state index >= 15 is 0 Å². The maximum atomic E-state index is 12.7. The van der Waals surface area contributed by atoms with Crippen LogP contribution in [0.5, 0.6) is 0 Å². The number of pyridine rings is 1. The quantitative estimate of drug-likeness (QED) is 0.834. The van der Waals surface area contributed by atoms with E-state index in [0.717, 1.165) is 12.1 Å². The Hall–Kier alpha value is -2.43. The van der Waals surface area contributed by atoms with Crippen molar-refractivity contribution in [1.82, 2.24) is 9.88 Å². The van der Waals surface area contributed by atoms with E-state index in [4.69, 9.17) is 0 Å². The van der Waals surface area contributed by atoms with Crippen LogP contribution in [0.15, 0.2) is 18.3 Å². The van der Waals surface area contributed by atoms with Gasteiger partial charge in [-0.05, 0) is 25.0 Å². The number of hydrogen-bond acceptors (Lipinski definition) is 4. The largest absolute Gasteiger partial charge is 0.417 e. The van der Waals surface area contributed by atoms with Gasteiger partial charge in [0.2, 0.25) is 5.91 Å². The Bertz CT molecular complexity index is 693. The van der Waals surface area contributed by atoms with Gasteiger partial charge in [-0.3, -0.25) is 14.6 Å². The van der Waals surface area contributed by atoms with Crippen LogP contribution in [-0.4, -0.2) is 34.2 Å². The number of nitriles is 1. The summed E-state index contributed by atoms with van der Waals surface area (Å²) in [5.41, 5.74) is -0.984. The van der Waals surface area contributed by atoms with Crippen molar-refractivity contribution in [2.24, 2.45) is 5.92 Å². The van der Waals surface area contributed by atoms with Crippen molar-refractivity contribution in [2.75, 3.05) is 6.54 Å². The summed E-state index contributed by atoms with van der Waals surface area (Å²) < 4.78 is 37.8. The molecule has 1 fully saturated rings. The number of rotatable bonds is 4. The van der Waals surface area contributed by atoms with Crippen LogP contribution >= 0.6 is 0 Å². The van der Waals surface area contributed by atoms with Gasteiger partial charge in [-0.25, -0.2) is 0 Å². The van der Waals surface area contributed by atoms with Crippen LogP contribution in [0.4, 0.5) is 13.2 Å². The predicted molar refractivity (Wildman–Crippen MR) is 82.2 cm³/mol. The number of ketones is 1. The van der Waals surface area contributed by atoms with E-state index in [1.807, 2.05) is 6.07 Å². The first-order valence-corrected chi connectivity index (χ1v) is 7.93. The minimum Gasteiger partial charge on any atom is -0.332 e. The fourth-order valence-corrected chi connectivity index (χ4v) is 2.87. The van der Waals surface area contributed by atoms with Crippen molar-refractivity contribution in [1.29, 1.82) is 5.26 Å². The van der Waals surface area contributed by atoms with Gasteiger partial charge in [0.15, 0.2) is 5.78 Å². The second kappa shape index (κ2) is 7.21. The normalized spacial score (nSPS) is 18.9. The van der Waals surface area contributed by atoms with Gasteiger partial charge in [-0.1, -0.05) is 13.8 Å². The molecule has 1 aliphatic rings. The third-order valence-electron chi connectivity index (χ3n) is 4.18. The van der Waals surface area contributed by atoms with Gasteiger partial charge in [0.1, 0.15) is 5.92 Å². The van der Waals surface area contributed by atoms with Gasteiger partial charge in [0, 0.05) is 18.7 Å². The lowest BCUT2D eigenvalue weighted by atomic mass is 9.93. The first-order valence-electron chi connectivity index (χ1n) is 7.93. The third-order valence-corrected chi connectivity index (χ3v) is 4.18. The molecule has 25 heavy (non-hydrogen) atoms. The second-order valence-corrected chi connectivity index (χ2v) is 6.28.